The van der Waals surface area contributed by atoms with Crippen molar-refractivity contribution in [1.82, 2.24) is 5.32 Å². The van der Waals surface area contributed by atoms with E-state index < -0.39 is 0 Å². The highest BCUT2D eigenvalue weighted by atomic mass is 16.2. The molecular formula is C17H30N2O. The molecule has 0 heterocycles. The van der Waals surface area contributed by atoms with Gasteiger partial charge in [-0.15, -0.1) is 0 Å². The number of nitrogens with one attached hydrogen (secondary N) is 1. The van der Waals surface area contributed by atoms with Gasteiger partial charge in [-0.2, -0.15) is 0 Å². The Labute approximate surface area is 123 Å². The maximum atomic E-state index is 12.9. The van der Waals surface area contributed by atoms with Gasteiger partial charge in [0.2, 0.25) is 5.91 Å². The van der Waals surface area contributed by atoms with Crippen molar-refractivity contribution in [2.75, 3.05) is 6.54 Å². The molecule has 0 spiro atoms. The van der Waals surface area contributed by atoms with Crippen molar-refractivity contribution < 1.29 is 4.79 Å². The quantitative estimate of drug-likeness (QED) is 0.812. The van der Waals surface area contributed by atoms with Crippen LogP contribution in [0.25, 0.3) is 0 Å². The van der Waals surface area contributed by atoms with Crippen LogP contribution in [0.1, 0.15) is 58.8 Å². The van der Waals surface area contributed by atoms with Gasteiger partial charge < -0.3 is 11.1 Å². The van der Waals surface area contributed by atoms with Crippen molar-refractivity contribution in [1.29, 1.82) is 0 Å². The van der Waals surface area contributed by atoms with Crippen molar-refractivity contribution >= 4 is 5.91 Å². The molecule has 0 aromatic heterocycles. The van der Waals surface area contributed by atoms with Gasteiger partial charge in [0, 0.05) is 12.5 Å². The molecule has 4 saturated carbocycles. The molecule has 1 amide bonds. The fourth-order valence-electron chi connectivity index (χ4n) is 5.46. The van der Waals surface area contributed by atoms with Gasteiger partial charge >= 0.3 is 0 Å². The standard InChI is InChI=1S/C17H30N2O/c1-3-17(4-2,10-18)19-16(20)15-13-6-11-5-12(8-13)9-14(15)7-11/h11-15H,3-10,18H2,1-2H3,(H,19,20). The van der Waals surface area contributed by atoms with E-state index in [2.05, 4.69) is 19.2 Å². The Balaban J connectivity index is 1.71. The summed E-state index contributed by atoms with van der Waals surface area (Å²) in [5.41, 5.74) is 5.76. The number of hydrogen-bond donors (Lipinski definition) is 2. The van der Waals surface area contributed by atoms with Gasteiger partial charge in [0.05, 0.1) is 5.54 Å². The zero-order valence-corrected chi connectivity index (χ0v) is 13.0. The van der Waals surface area contributed by atoms with Crippen molar-refractivity contribution in [3.63, 3.8) is 0 Å². The Kier molecular flexibility index (Phi) is 3.83. The molecule has 3 N–H and O–H groups in total. The molecule has 20 heavy (non-hydrogen) atoms. The summed E-state index contributed by atoms with van der Waals surface area (Å²) < 4.78 is 0. The Hall–Kier alpha value is -0.570. The van der Waals surface area contributed by atoms with E-state index in [1.54, 1.807) is 0 Å². The van der Waals surface area contributed by atoms with Gasteiger partial charge in [0.15, 0.2) is 0 Å². The van der Waals surface area contributed by atoms with E-state index >= 15 is 0 Å². The third-order valence-electron chi connectivity index (χ3n) is 6.66. The van der Waals surface area contributed by atoms with Crippen LogP contribution in [0.4, 0.5) is 0 Å². The van der Waals surface area contributed by atoms with Crippen molar-refractivity contribution in [2.24, 2.45) is 35.3 Å². The van der Waals surface area contributed by atoms with Gasteiger partial charge in [-0.25, -0.2) is 0 Å². The van der Waals surface area contributed by atoms with Crippen LogP contribution in [-0.4, -0.2) is 18.0 Å². The third kappa shape index (κ3) is 2.28. The minimum absolute atomic E-state index is 0.175. The van der Waals surface area contributed by atoms with Gasteiger partial charge in [-0.3, -0.25) is 4.79 Å². The number of carbonyl (C=O) groups is 1. The Morgan fingerprint density at radius 1 is 1.05 bits per heavy atom. The first-order valence-corrected chi connectivity index (χ1v) is 8.63. The Morgan fingerprint density at radius 3 is 1.95 bits per heavy atom. The van der Waals surface area contributed by atoms with E-state index in [9.17, 15) is 4.79 Å². The predicted molar refractivity (Wildman–Crippen MR) is 81.0 cm³/mol. The molecule has 0 unspecified atom stereocenters. The van der Waals surface area contributed by atoms with Gasteiger partial charge in [-0.1, -0.05) is 13.8 Å². The van der Waals surface area contributed by atoms with Crippen molar-refractivity contribution in [3.8, 4) is 0 Å². The van der Waals surface area contributed by atoms with E-state index in [1.807, 2.05) is 0 Å². The van der Waals surface area contributed by atoms with Crippen LogP contribution in [0, 0.1) is 29.6 Å². The van der Waals surface area contributed by atoms with Crippen LogP contribution in [-0.2, 0) is 4.79 Å². The van der Waals surface area contributed by atoms with Crippen LogP contribution in [0.5, 0.6) is 0 Å². The first-order chi connectivity index (χ1) is 9.60. The van der Waals surface area contributed by atoms with Crippen LogP contribution >= 0.6 is 0 Å². The summed E-state index contributed by atoms with van der Waals surface area (Å²) in [6.45, 7) is 4.82. The number of hydrogen-bond acceptors (Lipinski definition) is 2. The van der Waals surface area contributed by atoms with E-state index in [1.165, 1.54) is 32.1 Å². The summed E-state index contributed by atoms with van der Waals surface area (Å²) in [4.78, 5) is 12.9. The van der Waals surface area contributed by atoms with Crippen LogP contribution < -0.4 is 11.1 Å². The summed E-state index contributed by atoms with van der Waals surface area (Å²) in [6, 6.07) is 0. The summed E-state index contributed by atoms with van der Waals surface area (Å²) in [7, 11) is 0. The fraction of sp³-hybridized carbons (Fsp3) is 0.941. The van der Waals surface area contributed by atoms with Crippen molar-refractivity contribution in [2.45, 2.75) is 64.3 Å². The molecule has 0 aromatic carbocycles. The zero-order valence-electron chi connectivity index (χ0n) is 13.0. The number of carbonyl (C=O) groups excluding carboxylic acids is 1. The average Bonchev–Trinajstić information content (AvgIpc) is 2.44. The van der Waals surface area contributed by atoms with E-state index in [-0.39, 0.29) is 11.5 Å². The van der Waals surface area contributed by atoms with Crippen LogP contribution in [0.15, 0.2) is 0 Å². The number of amides is 1. The van der Waals surface area contributed by atoms with E-state index in [0.29, 0.717) is 24.3 Å². The highest BCUT2D eigenvalue weighted by molar-refractivity contribution is 5.80. The number of rotatable bonds is 5. The van der Waals surface area contributed by atoms with E-state index in [0.717, 1.165) is 24.7 Å². The molecule has 4 fully saturated rings. The summed E-state index contributed by atoms with van der Waals surface area (Å²) in [5, 5.41) is 3.34. The largest absolute Gasteiger partial charge is 0.349 e. The summed E-state index contributed by atoms with van der Waals surface area (Å²) in [6.07, 6.45) is 8.52. The fourth-order valence-corrected chi connectivity index (χ4v) is 5.46. The summed E-state index contributed by atoms with van der Waals surface area (Å²) in [5.74, 6) is 3.78. The molecule has 4 rings (SSSR count). The molecule has 4 aliphatic carbocycles. The molecule has 114 valence electrons. The molecule has 3 heteroatoms. The highest BCUT2D eigenvalue weighted by Gasteiger charge is 2.51. The van der Waals surface area contributed by atoms with Crippen LogP contribution in [0.3, 0.4) is 0 Å². The molecule has 3 nitrogen and oxygen atoms in total. The van der Waals surface area contributed by atoms with E-state index in [4.69, 9.17) is 5.73 Å². The molecular weight excluding hydrogens is 248 g/mol. The number of nitrogens with two attached hydrogens (primary N) is 1. The lowest BCUT2D eigenvalue weighted by Gasteiger charge is -2.54. The second-order valence-electron chi connectivity index (χ2n) is 7.64. The van der Waals surface area contributed by atoms with Gasteiger partial charge in [0.25, 0.3) is 0 Å². The Bertz CT molecular complexity index is 339. The SMILES string of the molecule is CCC(CC)(CN)NC(=O)C1C2CC3CC(C2)CC1C3. The topological polar surface area (TPSA) is 55.1 Å². The lowest BCUT2D eigenvalue weighted by Crippen LogP contribution is -2.58. The monoisotopic (exact) mass is 278 g/mol. The maximum absolute atomic E-state index is 12.9. The smallest absolute Gasteiger partial charge is 0.224 e. The zero-order chi connectivity index (χ0) is 14.3. The first kappa shape index (κ1) is 14.4. The first-order valence-electron chi connectivity index (χ1n) is 8.63. The third-order valence-corrected chi connectivity index (χ3v) is 6.66. The Morgan fingerprint density at radius 2 is 1.55 bits per heavy atom. The molecule has 0 saturated heterocycles. The van der Waals surface area contributed by atoms with Gasteiger partial charge in [-0.05, 0) is 68.6 Å². The molecule has 0 aliphatic heterocycles. The minimum atomic E-state index is -0.175. The normalized spacial score (nSPS) is 39.0. The van der Waals surface area contributed by atoms with Crippen molar-refractivity contribution in [3.05, 3.63) is 0 Å². The minimum Gasteiger partial charge on any atom is -0.349 e. The predicted octanol–water partition coefficient (Wildman–Crippen LogP) is 2.69. The van der Waals surface area contributed by atoms with Gasteiger partial charge in [0.1, 0.15) is 0 Å². The van der Waals surface area contributed by atoms with Crippen LogP contribution in [0.2, 0.25) is 0 Å². The highest BCUT2D eigenvalue weighted by Crippen LogP contribution is 2.56. The maximum Gasteiger partial charge on any atom is 0.224 e. The molecule has 4 bridgehead atoms. The molecule has 4 aliphatic rings. The second kappa shape index (κ2) is 5.32. The average molecular weight is 278 g/mol. The summed E-state index contributed by atoms with van der Waals surface area (Å²) >= 11 is 0. The molecule has 0 radical (unpaired) electrons. The molecule has 0 atom stereocenters. The second-order valence-corrected chi connectivity index (χ2v) is 7.64. The lowest BCUT2D eigenvalue weighted by molar-refractivity contribution is -0.140. The molecule has 0 aromatic rings. The lowest BCUT2D eigenvalue weighted by atomic mass is 9.51.